The lowest BCUT2D eigenvalue weighted by Gasteiger charge is -2.17. The number of nitrogens with one attached hydrogen (secondary N) is 1. The van der Waals surface area contributed by atoms with Gasteiger partial charge in [-0.25, -0.2) is 4.39 Å². The zero-order chi connectivity index (χ0) is 14.1. The molecule has 0 aliphatic carbocycles. The molecule has 0 radical (unpaired) electrons. The normalized spacial score (nSPS) is 12.6. The van der Waals surface area contributed by atoms with Crippen LogP contribution in [0.1, 0.15) is 51.0 Å². The Bertz CT molecular complexity index is 351. The topological polar surface area (TPSA) is 38.0 Å². The van der Waals surface area contributed by atoms with E-state index in [1.54, 1.807) is 12.1 Å². The number of hydrazine groups is 1. The SMILES string of the molecule is CCCCCCCC(Cc1c(F)cccc1Cl)NN. The van der Waals surface area contributed by atoms with E-state index in [0.717, 1.165) is 12.8 Å². The van der Waals surface area contributed by atoms with E-state index in [9.17, 15) is 4.39 Å². The van der Waals surface area contributed by atoms with Gasteiger partial charge in [-0.15, -0.1) is 0 Å². The van der Waals surface area contributed by atoms with Crippen molar-refractivity contribution < 1.29 is 4.39 Å². The maximum absolute atomic E-state index is 13.7. The number of unbranched alkanes of at least 4 members (excludes halogenated alkanes) is 4. The molecular formula is C15H24ClFN2. The van der Waals surface area contributed by atoms with E-state index in [1.807, 2.05) is 0 Å². The first-order valence-electron chi connectivity index (χ1n) is 7.08. The molecule has 4 heteroatoms. The smallest absolute Gasteiger partial charge is 0.127 e. The van der Waals surface area contributed by atoms with Gasteiger partial charge in [0.25, 0.3) is 0 Å². The van der Waals surface area contributed by atoms with Crippen LogP contribution in [0.15, 0.2) is 18.2 Å². The standard InChI is InChI=1S/C15H24ClFN2/c1-2-3-4-5-6-8-12(19-18)11-13-14(16)9-7-10-15(13)17/h7,9-10,12,19H,2-6,8,11,18H2,1H3. The van der Waals surface area contributed by atoms with Crippen molar-refractivity contribution in [1.29, 1.82) is 0 Å². The lowest BCUT2D eigenvalue weighted by atomic mass is 10.00. The van der Waals surface area contributed by atoms with E-state index < -0.39 is 0 Å². The number of hydrogen-bond donors (Lipinski definition) is 2. The van der Waals surface area contributed by atoms with Gasteiger partial charge < -0.3 is 0 Å². The third-order valence-corrected chi connectivity index (χ3v) is 3.76. The lowest BCUT2D eigenvalue weighted by molar-refractivity contribution is 0.453. The van der Waals surface area contributed by atoms with Crippen molar-refractivity contribution in [1.82, 2.24) is 5.43 Å². The van der Waals surface area contributed by atoms with Crippen LogP contribution in [-0.4, -0.2) is 6.04 Å². The molecule has 0 heterocycles. The van der Waals surface area contributed by atoms with Gasteiger partial charge >= 0.3 is 0 Å². The molecular weight excluding hydrogens is 263 g/mol. The molecule has 1 rings (SSSR count). The van der Waals surface area contributed by atoms with E-state index in [1.165, 1.54) is 31.7 Å². The molecule has 0 aliphatic rings. The summed E-state index contributed by atoms with van der Waals surface area (Å²) >= 11 is 6.02. The molecule has 0 amide bonds. The van der Waals surface area contributed by atoms with E-state index in [-0.39, 0.29) is 11.9 Å². The summed E-state index contributed by atoms with van der Waals surface area (Å²) in [4.78, 5) is 0. The molecule has 1 aromatic carbocycles. The summed E-state index contributed by atoms with van der Waals surface area (Å²) in [7, 11) is 0. The van der Waals surface area contributed by atoms with Crippen LogP contribution in [0.25, 0.3) is 0 Å². The summed E-state index contributed by atoms with van der Waals surface area (Å²) in [6.45, 7) is 2.20. The van der Waals surface area contributed by atoms with Crippen LogP contribution in [0.4, 0.5) is 4.39 Å². The van der Waals surface area contributed by atoms with Crippen molar-refractivity contribution in [3.05, 3.63) is 34.6 Å². The molecule has 0 saturated carbocycles. The molecule has 2 nitrogen and oxygen atoms in total. The molecule has 3 N–H and O–H groups in total. The van der Waals surface area contributed by atoms with Crippen molar-refractivity contribution in [3.63, 3.8) is 0 Å². The molecule has 1 unspecified atom stereocenters. The van der Waals surface area contributed by atoms with E-state index >= 15 is 0 Å². The van der Waals surface area contributed by atoms with Crippen molar-refractivity contribution in [2.75, 3.05) is 0 Å². The molecule has 1 atom stereocenters. The number of benzene rings is 1. The highest BCUT2D eigenvalue weighted by molar-refractivity contribution is 6.31. The lowest BCUT2D eigenvalue weighted by Crippen LogP contribution is -2.37. The molecule has 0 aliphatic heterocycles. The van der Waals surface area contributed by atoms with Crippen molar-refractivity contribution >= 4 is 11.6 Å². The van der Waals surface area contributed by atoms with Crippen LogP contribution in [-0.2, 0) is 6.42 Å². The Morgan fingerprint density at radius 3 is 2.63 bits per heavy atom. The van der Waals surface area contributed by atoms with Crippen LogP contribution in [0.3, 0.4) is 0 Å². The minimum absolute atomic E-state index is 0.0797. The summed E-state index contributed by atoms with van der Waals surface area (Å²) in [5, 5.41) is 0.478. The maximum Gasteiger partial charge on any atom is 0.127 e. The second kappa shape index (κ2) is 9.29. The van der Waals surface area contributed by atoms with Crippen LogP contribution in [0.2, 0.25) is 5.02 Å². The van der Waals surface area contributed by atoms with E-state index in [4.69, 9.17) is 17.4 Å². The van der Waals surface area contributed by atoms with Gasteiger partial charge in [0.05, 0.1) is 0 Å². The van der Waals surface area contributed by atoms with Gasteiger partial charge in [-0.3, -0.25) is 11.3 Å². The first-order chi connectivity index (χ1) is 9.19. The monoisotopic (exact) mass is 286 g/mol. The molecule has 0 spiro atoms. The minimum Gasteiger partial charge on any atom is -0.271 e. The molecule has 1 aromatic rings. The first kappa shape index (κ1) is 16.4. The van der Waals surface area contributed by atoms with Gasteiger partial charge in [-0.2, -0.15) is 0 Å². The Labute approximate surface area is 120 Å². The fourth-order valence-electron chi connectivity index (χ4n) is 2.21. The number of halogens is 2. The predicted molar refractivity (Wildman–Crippen MR) is 79.6 cm³/mol. The van der Waals surface area contributed by atoms with Crippen molar-refractivity contribution in [2.24, 2.45) is 5.84 Å². The third kappa shape index (κ3) is 5.89. The van der Waals surface area contributed by atoms with Gasteiger partial charge in [0.2, 0.25) is 0 Å². The quantitative estimate of drug-likeness (QED) is 0.405. The summed E-state index contributed by atoms with van der Waals surface area (Å²) < 4.78 is 13.7. The third-order valence-electron chi connectivity index (χ3n) is 3.40. The van der Waals surface area contributed by atoms with E-state index in [0.29, 0.717) is 17.0 Å². The maximum atomic E-state index is 13.7. The summed E-state index contributed by atoms with van der Waals surface area (Å²) in [6.07, 6.45) is 7.58. The average Bonchev–Trinajstić information content (AvgIpc) is 2.40. The first-order valence-corrected chi connectivity index (χ1v) is 7.45. The zero-order valence-electron chi connectivity index (χ0n) is 11.6. The highest BCUT2D eigenvalue weighted by Crippen LogP contribution is 2.21. The van der Waals surface area contributed by atoms with Gasteiger partial charge in [0.1, 0.15) is 5.82 Å². The van der Waals surface area contributed by atoms with Crippen molar-refractivity contribution in [3.8, 4) is 0 Å². The second-order valence-electron chi connectivity index (χ2n) is 4.97. The number of rotatable bonds is 9. The van der Waals surface area contributed by atoms with Gasteiger partial charge in [0.15, 0.2) is 0 Å². The minimum atomic E-state index is -0.251. The van der Waals surface area contributed by atoms with Crippen LogP contribution in [0, 0.1) is 5.82 Å². The largest absolute Gasteiger partial charge is 0.271 e. The Balaban J connectivity index is 2.43. The average molecular weight is 287 g/mol. The van der Waals surface area contributed by atoms with Crippen LogP contribution < -0.4 is 11.3 Å². The van der Waals surface area contributed by atoms with Crippen LogP contribution in [0.5, 0.6) is 0 Å². The molecule has 108 valence electrons. The van der Waals surface area contributed by atoms with Crippen LogP contribution >= 0.6 is 11.6 Å². The highest BCUT2D eigenvalue weighted by atomic mass is 35.5. The fourth-order valence-corrected chi connectivity index (χ4v) is 2.45. The molecule has 0 bridgehead atoms. The molecule has 0 saturated heterocycles. The number of nitrogens with two attached hydrogens (primary N) is 1. The van der Waals surface area contributed by atoms with Gasteiger partial charge in [0, 0.05) is 16.6 Å². The predicted octanol–water partition coefficient (Wildman–Crippen LogP) is 4.21. The Morgan fingerprint density at radius 2 is 2.00 bits per heavy atom. The Morgan fingerprint density at radius 1 is 1.26 bits per heavy atom. The molecule has 19 heavy (non-hydrogen) atoms. The zero-order valence-corrected chi connectivity index (χ0v) is 12.3. The molecule has 0 aromatic heterocycles. The fraction of sp³-hybridized carbons (Fsp3) is 0.600. The number of hydrogen-bond acceptors (Lipinski definition) is 2. The summed E-state index contributed by atoms with van der Waals surface area (Å²) in [6, 6.07) is 4.86. The second-order valence-corrected chi connectivity index (χ2v) is 5.38. The summed E-state index contributed by atoms with van der Waals surface area (Å²) in [5.41, 5.74) is 3.33. The van der Waals surface area contributed by atoms with E-state index in [2.05, 4.69) is 12.3 Å². The van der Waals surface area contributed by atoms with Gasteiger partial charge in [-0.05, 0) is 25.0 Å². The Kier molecular flexibility index (Phi) is 8.03. The summed E-state index contributed by atoms with van der Waals surface area (Å²) in [5.74, 6) is 5.29. The highest BCUT2D eigenvalue weighted by Gasteiger charge is 2.13. The Hall–Kier alpha value is -0.640. The van der Waals surface area contributed by atoms with Gasteiger partial charge in [-0.1, -0.05) is 56.7 Å². The van der Waals surface area contributed by atoms with Crippen molar-refractivity contribution in [2.45, 2.75) is 57.9 Å². The molecule has 0 fully saturated rings.